The minimum absolute atomic E-state index is 0.0610. The Kier molecular flexibility index (Phi) is 5.86. The number of carbonyl (C=O) groups excluding carboxylic acids is 1. The number of nitrogens with one attached hydrogen (secondary N) is 2. The van der Waals surface area contributed by atoms with Gasteiger partial charge in [0.1, 0.15) is 5.82 Å². The Morgan fingerprint density at radius 3 is 2.52 bits per heavy atom. The summed E-state index contributed by atoms with van der Waals surface area (Å²) in [4.78, 5) is 25.5. The molecule has 1 aromatic heterocycles. The van der Waals surface area contributed by atoms with Gasteiger partial charge in [-0.2, -0.15) is 0 Å². The number of hydrogen-bond acceptors (Lipinski definition) is 5. The Hall–Kier alpha value is -2.90. The van der Waals surface area contributed by atoms with Crippen molar-refractivity contribution in [2.45, 2.75) is 19.4 Å². The van der Waals surface area contributed by atoms with Crippen molar-refractivity contribution in [2.75, 3.05) is 49.6 Å². The Balaban J connectivity index is 1.11. The smallest absolute Gasteiger partial charge is 0.227 e. The van der Waals surface area contributed by atoms with Crippen molar-refractivity contribution >= 4 is 28.3 Å². The van der Waals surface area contributed by atoms with Crippen LogP contribution < -0.4 is 10.2 Å². The number of H-pyrrole nitrogens is 1. The number of anilines is 2. The van der Waals surface area contributed by atoms with E-state index < -0.39 is 0 Å². The molecular formula is C24H29N5O2. The van der Waals surface area contributed by atoms with Crippen LogP contribution in [0.3, 0.4) is 0 Å². The van der Waals surface area contributed by atoms with Gasteiger partial charge in [0, 0.05) is 30.4 Å². The second-order valence-electron chi connectivity index (χ2n) is 8.39. The first-order chi connectivity index (χ1) is 15.2. The molecule has 1 amide bonds. The molecule has 2 N–H and O–H groups in total. The highest BCUT2D eigenvalue weighted by atomic mass is 16.5. The van der Waals surface area contributed by atoms with Gasteiger partial charge in [-0.3, -0.25) is 9.69 Å². The summed E-state index contributed by atoms with van der Waals surface area (Å²) in [5.41, 5.74) is 4.13. The van der Waals surface area contributed by atoms with Gasteiger partial charge in [-0.05, 0) is 62.3 Å². The summed E-state index contributed by atoms with van der Waals surface area (Å²) >= 11 is 0. The normalized spacial score (nSPS) is 18.4. The number of aromatic nitrogens is 2. The lowest BCUT2D eigenvalue weighted by Crippen LogP contribution is -2.38. The van der Waals surface area contributed by atoms with E-state index in [0.29, 0.717) is 0 Å². The van der Waals surface area contributed by atoms with Crippen LogP contribution in [0.2, 0.25) is 0 Å². The fourth-order valence-electron chi connectivity index (χ4n) is 4.47. The molecule has 0 unspecified atom stereocenters. The molecule has 3 aromatic rings. The third kappa shape index (κ3) is 4.73. The van der Waals surface area contributed by atoms with Crippen molar-refractivity contribution in [2.24, 2.45) is 5.92 Å². The van der Waals surface area contributed by atoms with Crippen LogP contribution in [-0.2, 0) is 16.1 Å². The fourth-order valence-corrected chi connectivity index (χ4v) is 4.47. The fraction of sp³-hybridized carbons (Fsp3) is 0.417. The van der Waals surface area contributed by atoms with Crippen LogP contribution in [0.15, 0.2) is 48.5 Å². The Labute approximate surface area is 182 Å². The zero-order valence-corrected chi connectivity index (χ0v) is 17.7. The molecule has 2 aromatic carbocycles. The Morgan fingerprint density at radius 1 is 1.03 bits per heavy atom. The first-order valence-electron chi connectivity index (χ1n) is 11.1. The number of nitrogens with zero attached hydrogens (tertiary/aromatic N) is 3. The zero-order valence-electron chi connectivity index (χ0n) is 17.7. The number of morpholine rings is 1. The van der Waals surface area contributed by atoms with E-state index in [4.69, 9.17) is 4.74 Å². The van der Waals surface area contributed by atoms with E-state index in [0.717, 1.165) is 81.3 Å². The van der Waals surface area contributed by atoms with Gasteiger partial charge in [-0.15, -0.1) is 0 Å². The average molecular weight is 420 g/mol. The topological polar surface area (TPSA) is 73.5 Å². The van der Waals surface area contributed by atoms with Gasteiger partial charge in [0.05, 0.1) is 30.8 Å². The maximum absolute atomic E-state index is 12.8. The summed E-state index contributed by atoms with van der Waals surface area (Å²) in [6.07, 6.45) is 1.75. The van der Waals surface area contributed by atoms with Gasteiger partial charge >= 0.3 is 0 Å². The average Bonchev–Trinajstić information content (AvgIpc) is 3.23. The van der Waals surface area contributed by atoms with E-state index in [1.54, 1.807) is 0 Å². The van der Waals surface area contributed by atoms with Crippen LogP contribution in [0.1, 0.15) is 18.7 Å². The summed E-state index contributed by atoms with van der Waals surface area (Å²) in [6.45, 7) is 5.99. The first kappa shape index (κ1) is 20.0. The number of likely N-dealkylation sites (tertiary alicyclic amines) is 1. The second kappa shape index (κ2) is 9.08. The van der Waals surface area contributed by atoms with E-state index >= 15 is 0 Å². The molecule has 2 saturated heterocycles. The molecule has 0 spiro atoms. The quantitative estimate of drug-likeness (QED) is 0.664. The number of aromatic amines is 1. The van der Waals surface area contributed by atoms with Crippen molar-refractivity contribution in [1.82, 2.24) is 14.9 Å². The van der Waals surface area contributed by atoms with Gasteiger partial charge in [0.15, 0.2) is 0 Å². The maximum atomic E-state index is 12.8. The number of amides is 1. The molecule has 31 heavy (non-hydrogen) atoms. The summed E-state index contributed by atoms with van der Waals surface area (Å²) in [5.74, 6) is 1.18. The molecule has 0 atom stereocenters. The largest absolute Gasteiger partial charge is 0.378 e. The maximum Gasteiger partial charge on any atom is 0.227 e. The molecule has 3 heterocycles. The van der Waals surface area contributed by atoms with Crippen LogP contribution >= 0.6 is 0 Å². The van der Waals surface area contributed by atoms with Crippen molar-refractivity contribution < 1.29 is 9.53 Å². The van der Waals surface area contributed by atoms with E-state index in [1.807, 2.05) is 30.3 Å². The summed E-state index contributed by atoms with van der Waals surface area (Å²) in [6, 6.07) is 16.3. The minimum atomic E-state index is 0.0610. The van der Waals surface area contributed by atoms with Crippen LogP contribution in [-0.4, -0.2) is 60.2 Å². The predicted octanol–water partition coefficient (Wildman–Crippen LogP) is 3.25. The molecule has 0 bridgehead atoms. The van der Waals surface area contributed by atoms with Crippen molar-refractivity contribution in [3.05, 3.63) is 54.4 Å². The standard InChI is InChI=1S/C24H29N5O2/c30-24(25-19-5-7-20(8-6-19)29-13-15-31-16-14-29)18-9-11-28(12-10-18)17-23-26-21-3-1-2-4-22(21)27-23/h1-8,18H,9-17H2,(H,25,30)(H,26,27). The third-order valence-electron chi connectivity index (χ3n) is 6.28. The highest BCUT2D eigenvalue weighted by molar-refractivity contribution is 5.92. The van der Waals surface area contributed by atoms with Crippen molar-refractivity contribution in [3.8, 4) is 0 Å². The van der Waals surface area contributed by atoms with Crippen molar-refractivity contribution in [3.63, 3.8) is 0 Å². The highest BCUT2D eigenvalue weighted by Gasteiger charge is 2.25. The van der Waals surface area contributed by atoms with Gasteiger partial charge < -0.3 is 19.9 Å². The van der Waals surface area contributed by atoms with E-state index in [9.17, 15) is 4.79 Å². The minimum Gasteiger partial charge on any atom is -0.378 e. The summed E-state index contributed by atoms with van der Waals surface area (Å²) in [5, 5.41) is 3.10. The number of hydrogen-bond donors (Lipinski definition) is 2. The number of benzene rings is 2. The number of fused-ring (bicyclic) bond motifs is 1. The van der Waals surface area contributed by atoms with Gasteiger partial charge in [0.25, 0.3) is 0 Å². The van der Waals surface area contributed by atoms with Gasteiger partial charge in [0.2, 0.25) is 5.91 Å². The van der Waals surface area contributed by atoms with Crippen LogP contribution in [0.25, 0.3) is 11.0 Å². The number of imidazole rings is 1. The van der Waals surface area contributed by atoms with Crippen LogP contribution in [0.4, 0.5) is 11.4 Å². The Bertz CT molecular complexity index is 985. The third-order valence-corrected chi connectivity index (χ3v) is 6.28. The van der Waals surface area contributed by atoms with Crippen LogP contribution in [0.5, 0.6) is 0 Å². The zero-order chi connectivity index (χ0) is 21.0. The predicted molar refractivity (Wildman–Crippen MR) is 122 cm³/mol. The lowest BCUT2D eigenvalue weighted by molar-refractivity contribution is -0.121. The van der Waals surface area contributed by atoms with E-state index in [1.165, 1.54) is 5.69 Å². The monoisotopic (exact) mass is 419 g/mol. The molecule has 0 radical (unpaired) electrons. The Morgan fingerprint density at radius 2 is 1.77 bits per heavy atom. The number of carbonyl (C=O) groups is 1. The van der Waals surface area contributed by atoms with Gasteiger partial charge in [-0.25, -0.2) is 4.98 Å². The molecule has 2 aliphatic heterocycles. The summed E-state index contributed by atoms with van der Waals surface area (Å²) < 4.78 is 5.41. The first-order valence-corrected chi connectivity index (χ1v) is 11.1. The van der Waals surface area contributed by atoms with E-state index in [2.05, 4.69) is 43.3 Å². The number of ether oxygens (including phenoxy) is 1. The molecule has 7 heteroatoms. The second-order valence-corrected chi connectivity index (χ2v) is 8.39. The molecule has 2 fully saturated rings. The van der Waals surface area contributed by atoms with Gasteiger partial charge in [-0.1, -0.05) is 12.1 Å². The molecule has 0 saturated carbocycles. The van der Waals surface area contributed by atoms with E-state index in [-0.39, 0.29) is 11.8 Å². The molecular weight excluding hydrogens is 390 g/mol. The van der Waals surface area contributed by atoms with Crippen LogP contribution in [0, 0.1) is 5.92 Å². The lowest BCUT2D eigenvalue weighted by Gasteiger charge is -2.30. The molecule has 0 aliphatic carbocycles. The molecule has 2 aliphatic rings. The SMILES string of the molecule is O=C(Nc1ccc(N2CCOCC2)cc1)C1CCN(Cc2nc3ccccc3[nH]2)CC1. The molecule has 7 nitrogen and oxygen atoms in total. The molecule has 162 valence electrons. The lowest BCUT2D eigenvalue weighted by atomic mass is 9.96. The molecule has 5 rings (SSSR count). The highest BCUT2D eigenvalue weighted by Crippen LogP contribution is 2.23. The number of para-hydroxylation sites is 2. The number of piperidine rings is 1. The van der Waals surface area contributed by atoms with Crippen molar-refractivity contribution in [1.29, 1.82) is 0 Å². The number of rotatable bonds is 5. The summed E-state index contributed by atoms with van der Waals surface area (Å²) in [7, 11) is 0.